The molecule has 39 heavy (non-hydrogen) atoms. The van der Waals surface area contributed by atoms with E-state index in [1.807, 2.05) is 69.3 Å². The Hall–Kier alpha value is -4.01. The van der Waals surface area contributed by atoms with Crippen molar-refractivity contribution in [2.24, 2.45) is 11.8 Å². The van der Waals surface area contributed by atoms with E-state index in [-0.39, 0.29) is 24.2 Å². The number of hydrogen-bond acceptors (Lipinski definition) is 7. The second kappa shape index (κ2) is 12.7. The third-order valence-electron chi connectivity index (χ3n) is 6.78. The summed E-state index contributed by atoms with van der Waals surface area (Å²) in [4.78, 5) is 30.4. The number of likely N-dealkylation sites (tertiary alicyclic amines) is 1. The van der Waals surface area contributed by atoms with Gasteiger partial charge in [0.05, 0.1) is 32.4 Å². The number of methoxy groups -OCH3 is 1. The molecule has 1 aliphatic heterocycles. The monoisotopic (exact) mass is 536 g/mol. The molecule has 3 aromatic rings. The predicted molar refractivity (Wildman–Crippen MR) is 145 cm³/mol. The van der Waals surface area contributed by atoms with Crippen molar-refractivity contribution in [3.8, 4) is 23.0 Å². The van der Waals surface area contributed by atoms with Crippen molar-refractivity contribution in [1.82, 2.24) is 9.88 Å². The third-order valence-corrected chi connectivity index (χ3v) is 6.78. The summed E-state index contributed by atoms with van der Waals surface area (Å²) >= 11 is 0. The zero-order valence-corrected chi connectivity index (χ0v) is 22.9. The first-order chi connectivity index (χ1) is 18.7. The lowest BCUT2D eigenvalue weighted by molar-refractivity contribution is -0.138. The van der Waals surface area contributed by atoms with Gasteiger partial charge >= 0.3 is 12.1 Å². The van der Waals surface area contributed by atoms with Gasteiger partial charge in [-0.05, 0) is 54.7 Å². The number of nitrogens with zero attached hydrogens (tertiary/aromatic N) is 2. The van der Waals surface area contributed by atoms with Crippen molar-refractivity contribution in [3.63, 3.8) is 0 Å². The van der Waals surface area contributed by atoms with Gasteiger partial charge in [0, 0.05) is 31.0 Å². The summed E-state index contributed by atoms with van der Waals surface area (Å²) in [7, 11) is 1.62. The summed E-state index contributed by atoms with van der Waals surface area (Å²) in [5, 5.41) is 9.46. The molecule has 0 bridgehead atoms. The standard InChI is InChI=1S/C30H36N2O7/c1-19(2)18-38-30(35)32-16-23(15-28(33)34)26(17-32)21-7-5-10-25(13-21)37-12-11-27-20(3)39-29(31-27)22-8-6-9-24(14-22)36-4/h5-10,13-14,19,23,26H,11-12,15-18H2,1-4H3,(H,33,34)/t23-,26-/m0/s1. The Labute approximate surface area is 228 Å². The van der Waals surface area contributed by atoms with Gasteiger partial charge in [-0.15, -0.1) is 0 Å². The second-order valence-corrected chi connectivity index (χ2v) is 10.3. The zero-order chi connectivity index (χ0) is 27.9. The largest absolute Gasteiger partial charge is 0.497 e. The number of amides is 1. The van der Waals surface area contributed by atoms with Crippen molar-refractivity contribution in [3.05, 3.63) is 65.5 Å². The molecule has 4 rings (SSSR count). The highest BCUT2D eigenvalue weighted by molar-refractivity contribution is 5.70. The molecule has 0 saturated carbocycles. The van der Waals surface area contributed by atoms with Crippen LogP contribution in [0.4, 0.5) is 4.79 Å². The highest BCUT2D eigenvalue weighted by atomic mass is 16.6. The highest BCUT2D eigenvalue weighted by Gasteiger charge is 2.38. The van der Waals surface area contributed by atoms with Gasteiger partial charge in [0.1, 0.15) is 17.3 Å². The van der Waals surface area contributed by atoms with Crippen LogP contribution in [0.5, 0.6) is 11.5 Å². The van der Waals surface area contributed by atoms with Crippen LogP contribution >= 0.6 is 0 Å². The van der Waals surface area contributed by atoms with Crippen molar-refractivity contribution in [1.29, 1.82) is 0 Å². The SMILES string of the molecule is COc1cccc(-c2nc(CCOc3cccc([C@@H]4CN(C(=O)OCC(C)C)C[C@@H]4CC(=O)O)c3)c(C)o2)c1. The number of carbonyl (C=O) groups excluding carboxylic acids is 1. The van der Waals surface area contributed by atoms with E-state index < -0.39 is 12.1 Å². The lowest BCUT2D eigenvalue weighted by atomic mass is 9.87. The molecule has 0 spiro atoms. The number of aliphatic carboxylic acids is 1. The summed E-state index contributed by atoms with van der Waals surface area (Å²) in [6, 6.07) is 15.2. The van der Waals surface area contributed by atoms with E-state index in [0.717, 1.165) is 28.3 Å². The molecular weight excluding hydrogens is 500 g/mol. The van der Waals surface area contributed by atoms with Crippen molar-refractivity contribution < 1.29 is 33.3 Å². The van der Waals surface area contributed by atoms with E-state index in [1.165, 1.54) is 0 Å². The Kier molecular flexibility index (Phi) is 9.11. The van der Waals surface area contributed by atoms with Crippen LogP contribution in [0.3, 0.4) is 0 Å². The smallest absolute Gasteiger partial charge is 0.409 e. The number of aromatic nitrogens is 1. The van der Waals surface area contributed by atoms with Gasteiger partial charge in [0.15, 0.2) is 0 Å². The molecule has 1 fully saturated rings. The van der Waals surface area contributed by atoms with E-state index in [4.69, 9.17) is 18.6 Å². The molecule has 0 unspecified atom stereocenters. The van der Waals surface area contributed by atoms with E-state index in [2.05, 4.69) is 4.98 Å². The number of carboxylic acid groups (broad SMARTS) is 1. The summed E-state index contributed by atoms with van der Waals surface area (Å²) < 4.78 is 22.6. The second-order valence-electron chi connectivity index (χ2n) is 10.3. The van der Waals surface area contributed by atoms with Crippen LogP contribution in [-0.4, -0.2) is 60.5 Å². The minimum atomic E-state index is -0.883. The summed E-state index contributed by atoms with van der Waals surface area (Å²) in [6.07, 6.45) is 0.139. The molecule has 9 heteroatoms. The van der Waals surface area contributed by atoms with Crippen molar-refractivity contribution >= 4 is 12.1 Å². The molecule has 2 aromatic carbocycles. The van der Waals surface area contributed by atoms with Gasteiger partial charge < -0.3 is 28.6 Å². The highest BCUT2D eigenvalue weighted by Crippen LogP contribution is 2.36. The fourth-order valence-electron chi connectivity index (χ4n) is 4.80. The van der Waals surface area contributed by atoms with Crippen molar-refractivity contribution in [2.75, 3.05) is 33.4 Å². The first-order valence-electron chi connectivity index (χ1n) is 13.2. The molecule has 2 heterocycles. The predicted octanol–water partition coefficient (Wildman–Crippen LogP) is 5.56. The Bertz CT molecular complexity index is 1290. The first-order valence-corrected chi connectivity index (χ1v) is 13.2. The number of hydrogen-bond donors (Lipinski definition) is 1. The Morgan fingerprint density at radius 3 is 2.64 bits per heavy atom. The molecular formula is C30H36N2O7. The average molecular weight is 537 g/mol. The van der Waals surface area contributed by atoms with Crippen LogP contribution in [0.25, 0.3) is 11.5 Å². The minimum absolute atomic E-state index is 0.0230. The van der Waals surface area contributed by atoms with Gasteiger partial charge in [-0.1, -0.05) is 32.0 Å². The van der Waals surface area contributed by atoms with Gasteiger partial charge in [-0.2, -0.15) is 0 Å². The molecule has 0 aliphatic carbocycles. The molecule has 9 nitrogen and oxygen atoms in total. The average Bonchev–Trinajstić information content (AvgIpc) is 3.50. The van der Waals surface area contributed by atoms with Crippen LogP contribution < -0.4 is 9.47 Å². The number of ether oxygens (including phenoxy) is 3. The molecule has 1 aromatic heterocycles. The topological polar surface area (TPSA) is 111 Å². The molecule has 1 saturated heterocycles. The number of carbonyl (C=O) groups is 2. The van der Waals surface area contributed by atoms with Gasteiger partial charge in [-0.25, -0.2) is 9.78 Å². The van der Waals surface area contributed by atoms with Crippen LogP contribution in [-0.2, 0) is 16.0 Å². The Morgan fingerprint density at radius 2 is 1.90 bits per heavy atom. The van der Waals surface area contributed by atoms with Crippen LogP contribution in [0, 0.1) is 18.8 Å². The van der Waals surface area contributed by atoms with Crippen LogP contribution in [0.1, 0.15) is 43.2 Å². The van der Waals surface area contributed by atoms with Crippen molar-refractivity contribution in [2.45, 2.75) is 39.5 Å². The first kappa shape index (κ1) is 28.0. The van der Waals surface area contributed by atoms with Crippen LogP contribution in [0.2, 0.25) is 0 Å². The van der Waals surface area contributed by atoms with E-state index >= 15 is 0 Å². The fraction of sp³-hybridized carbons (Fsp3) is 0.433. The normalized spacial score (nSPS) is 16.9. The zero-order valence-electron chi connectivity index (χ0n) is 22.9. The summed E-state index contributed by atoms with van der Waals surface area (Å²) in [6.45, 7) is 7.31. The van der Waals surface area contributed by atoms with E-state index in [1.54, 1.807) is 12.0 Å². The maximum Gasteiger partial charge on any atom is 0.409 e. The quantitative estimate of drug-likeness (QED) is 0.339. The molecule has 1 aliphatic rings. The minimum Gasteiger partial charge on any atom is -0.497 e. The molecule has 208 valence electrons. The van der Waals surface area contributed by atoms with Gasteiger partial charge in [0.25, 0.3) is 0 Å². The fourth-order valence-corrected chi connectivity index (χ4v) is 4.80. The molecule has 1 N–H and O–H groups in total. The van der Waals surface area contributed by atoms with E-state index in [9.17, 15) is 14.7 Å². The third kappa shape index (κ3) is 7.31. The summed E-state index contributed by atoms with van der Waals surface area (Å²) in [5.74, 6) is 1.68. The summed E-state index contributed by atoms with van der Waals surface area (Å²) in [5.41, 5.74) is 2.60. The lowest BCUT2D eigenvalue weighted by Crippen LogP contribution is -2.30. The number of aryl methyl sites for hydroxylation is 1. The van der Waals surface area contributed by atoms with Crippen LogP contribution in [0.15, 0.2) is 52.9 Å². The number of carboxylic acids is 1. The molecule has 0 radical (unpaired) electrons. The number of benzene rings is 2. The van der Waals surface area contributed by atoms with E-state index in [0.29, 0.717) is 44.4 Å². The maximum atomic E-state index is 12.6. The van der Waals surface area contributed by atoms with Gasteiger partial charge in [0.2, 0.25) is 5.89 Å². The molecule has 1 amide bonds. The Balaban J connectivity index is 1.40. The molecule has 2 atom stereocenters. The maximum absolute atomic E-state index is 12.6. The number of oxazole rings is 1. The Morgan fingerprint density at radius 1 is 1.13 bits per heavy atom. The lowest BCUT2D eigenvalue weighted by Gasteiger charge is -2.18. The number of rotatable bonds is 11. The van der Waals surface area contributed by atoms with Gasteiger partial charge in [-0.3, -0.25) is 4.79 Å².